The standard InChI is InChI=1S/C32H34ClN3O4S/c1-5-20-8-7-9-21(6-2)29(20)36-27(16-19(3)4)24(30(39)34-15-14-28(37)38)17-25(32(36)40)31-35-26(18-41-31)22-10-12-23(33)13-11-22/h7-13,17-19H,5-6,14-16H2,1-4H3,(H,34,39)(H,37,38). The number of aryl methyl sites for hydroxylation is 2. The van der Waals surface area contributed by atoms with Crippen molar-refractivity contribution in [2.24, 2.45) is 5.92 Å². The summed E-state index contributed by atoms with van der Waals surface area (Å²) >= 11 is 7.40. The van der Waals surface area contributed by atoms with E-state index in [1.54, 1.807) is 22.8 Å². The number of hydrogen-bond donors (Lipinski definition) is 2. The fourth-order valence-electron chi connectivity index (χ4n) is 4.86. The van der Waals surface area contributed by atoms with Crippen LogP contribution < -0.4 is 10.9 Å². The van der Waals surface area contributed by atoms with E-state index in [-0.39, 0.29) is 24.4 Å². The van der Waals surface area contributed by atoms with Crippen molar-refractivity contribution in [1.82, 2.24) is 14.9 Å². The van der Waals surface area contributed by atoms with Crippen molar-refractivity contribution in [2.75, 3.05) is 6.54 Å². The number of rotatable bonds is 11. The SMILES string of the molecule is CCc1cccc(CC)c1-n1c(CC(C)C)c(C(=O)NCCC(=O)O)cc(-c2nc(-c3ccc(Cl)cc3)cs2)c1=O. The lowest BCUT2D eigenvalue weighted by molar-refractivity contribution is -0.136. The normalized spacial score (nSPS) is 11.2. The molecule has 0 unspecified atom stereocenters. The minimum Gasteiger partial charge on any atom is -0.481 e. The second-order valence-electron chi connectivity index (χ2n) is 10.2. The van der Waals surface area contributed by atoms with Gasteiger partial charge in [-0.2, -0.15) is 0 Å². The number of aliphatic carboxylic acids is 1. The van der Waals surface area contributed by atoms with Gasteiger partial charge in [-0.25, -0.2) is 4.98 Å². The Bertz CT molecular complexity index is 1600. The van der Waals surface area contributed by atoms with Crippen LogP contribution in [-0.4, -0.2) is 33.1 Å². The highest BCUT2D eigenvalue weighted by Gasteiger charge is 2.25. The molecule has 2 aromatic carbocycles. The van der Waals surface area contributed by atoms with Crippen LogP contribution in [0.4, 0.5) is 0 Å². The summed E-state index contributed by atoms with van der Waals surface area (Å²) in [5.74, 6) is -1.27. The van der Waals surface area contributed by atoms with Crippen LogP contribution in [0.25, 0.3) is 27.5 Å². The molecule has 1 amide bonds. The molecular formula is C32H34ClN3O4S. The van der Waals surface area contributed by atoms with Gasteiger partial charge < -0.3 is 10.4 Å². The number of carboxylic acids is 1. The van der Waals surface area contributed by atoms with Crippen molar-refractivity contribution in [3.8, 4) is 27.5 Å². The summed E-state index contributed by atoms with van der Waals surface area (Å²) < 4.78 is 1.71. The second kappa shape index (κ2) is 13.3. The number of benzene rings is 2. The van der Waals surface area contributed by atoms with Crippen LogP contribution in [0.15, 0.2) is 58.7 Å². The molecule has 0 aliphatic heterocycles. The molecule has 0 saturated carbocycles. The Kier molecular flexibility index (Phi) is 9.78. The number of carbonyl (C=O) groups excluding carboxylic acids is 1. The third kappa shape index (κ3) is 6.77. The Balaban J connectivity index is 2.01. The molecule has 0 atom stereocenters. The van der Waals surface area contributed by atoms with E-state index in [1.165, 1.54) is 11.3 Å². The van der Waals surface area contributed by atoms with Crippen molar-refractivity contribution in [2.45, 2.75) is 53.4 Å². The number of nitrogens with zero attached hydrogens (tertiary/aromatic N) is 2. The van der Waals surface area contributed by atoms with E-state index in [4.69, 9.17) is 21.7 Å². The summed E-state index contributed by atoms with van der Waals surface area (Å²) in [5.41, 5.74) is 5.41. The molecule has 0 bridgehead atoms. The zero-order chi connectivity index (χ0) is 29.7. The van der Waals surface area contributed by atoms with Gasteiger partial charge in [-0.1, -0.05) is 69.6 Å². The number of carbonyl (C=O) groups is 2. The van der Waals surface area contributed by atoms with Crippen molar-refractivity contribution >= 4 is 34.8 Å². The summed E-state index contributed by atoms with van der Waals surface area (Å²) in [7, 11) is 0. The topological polar surface area (TPSA) is 101 Å². The molecule has 0 aliphatic rings. The number of nitrogens with one attached hydrogen (secondary N) is 1. The number of thiazole rings is 1. The second-order valence-corrected chi connectivity index (χ2v) is 11.5. The van der Waals surface area contributed by atoms with Crippen LogP contribution in [-0.2, 0) is 24.1 Å². The number of pyridine rings is 1. The monoisotopic (exact) mass is 591 g/mol. The quantitative estimate of drug-likeness (QED) is 0.199. The molecule has 0 radical (unpaired) electrons. The summed E-state index contributed by atoms with van der Waals surface area (Å²) in [6.07, 6.45) is 1.69. The highest BCUT2D eigenvalue weighted by molar-refractivity contribution is 7.13. The first-order valence-electron chi connectivity index (χ1n) is 13.8. The number of amides is 1. The van der Waals surface area contributed by atoms with Crippen LogP contribution in [0.5, 0.6) is 0 Å². The Morgan fingerprint density at radius 3 is 2.32 bits per heavy atom. The first kappa shape index (κ1) is 30.2. The lowest BCUT2D eigenvalue weighted by Crippen LogP contribution is -2.33. The number of hydrogen-bond acceptors (Lipinski definition) is 5. The molecule has 0 saturated heterocycles. The fraction of sp³-hybridized carbons (Fsp3) is 0.312. The molecule has 2 heterocycles. The highest BCUT2D eigenvalue weighted by atomic mass is 35.5. The van der Waals surface area contributed by atoms with Crippen LogP contribution in [0.1, 0.15) is 61.3 Å². The van der Waals surface area contributed by atoms with Crippen molar-refractivity contribution in [3.63, 3.8) is 0 Å². The Morgan fingerprint density at radius 1 is 1.07 bits per heavy atom. The van der Waals surface area contributed by atoms with Gasteiger partial charge in [0.25, 0.3) is 11.5 Å². The molecule has 2 aromatic heterocycles. The van der Waals surface area contributed by atoms with Crippen molar-refractivity contribution in [3.05, 3.63) is 91.7 Å². The van der Waals surface area contributed by atoms with Gasteiger partial charge in [0.2, 0.25) is 0 Å². The van der Waals surface area contributed by atoms with Gasteiger partial charge in [0.15, 0.2) is 0 Å². The molecule has 4 aromatic rings. The van der Waals surface area contributed by atoms with Crippen molar-refractivity contribution in [1.29, 1.82) is 0 Å². The third-order valence-electron chi connectivity index (χ3n) is 6.84. The zero-order valence-electron chi connectivity index (χ0n) is 23.7. The summed E-state index contributed by atoms with van der Waals surface area (Å²) in [5, 5.41) is 14.9. The first-order chi connectivity index (χ1) is 19.6. The van der Waals surface area contributed by atoms with Crippen LogP contribution in [0, 0.1) is 5.92 Å². The fourth-order valence-corrected chi connectivity index (χ4v) is 5.82. The first-order valence-corrected chi connectivity index (χ1v) is 15.0. The molecule has 0 aliphatic carbocycles. The summed E-state index contributed by atoms with van der Waals surface area (Å²) in [4.78, 5) is 44.0. The number of aromatic nitrogens is 2. The molecular weight excluding hydrogens is 558 g/mol. The van der Waals surface area contributed by atoms with Crippen LogP contribution in [0.2, 0.25) is 5.02 Å². The van der Waals surface area contributed by atoms with Gasteiger partial charge in [-0.05, 0) is 54.5 Å². The number of para-hydroxylation sites is 1. The lowest BCUT2D eigenvalue weighted by Gasteiger charge is -2.23. The van der Waals surface area contributed by atoms with Gasteiger partial charge in [-0.15, -0.1) is 11.3 Å². The van der Waals surface area contributed by atoms with E-state index >= 15 is 0 Å². The highest BCUT2D eigenvalue weighted by Crippen LogP contribution is 2.31. The minimum absolute atomic E-state index is 0.0204. The van der Waals surface area contributed by atoms with E-state index in [1.807, 2.05) is 63.4 Å². The smallest absolute Gasteiger partial charge is 0.305 e. The largest absolute Gasteiger partial charge is 0.481 e. The number of carboxylic acid groups (broad SMARTS) is 1. The molecule has 2 N–H and O–H groups in total. The van der Waals surface area contributed by atoms with Gasteiger partial charge in [0.1, 0.15) is 5.01 Å². The minimum atomic E-state index is -1.000. The van der Waals surface area contributed by atoms with Gasteiger partial charge in [0, 0.05) is 28.2 Å². The average molecular weight is 592 g/mol. The van der Waals surface area contributed by atoms with Gasteiger partial charge in [0.05, 0.1) is 28.9 Å². The third-order valence-corrected chi connectivity index (χ3v) is 7.96. The van der Waals surface area contributed by atoms with E-state index in [9.17, 15) is 14.4 Å². The number of halogens is 1. The average Bonchev–Trinajstić information content (AvgIpc) is 3.43. The molecule has 0 fully saturated rings. The van der Waals surface area contributed by atoms with Crippen LogP contribution >= 0.6 is 22.9 Å². The Labute approximate surface area is 248 Å². The Morgan fingerprint density at radius 2 is 1.73 bits per heavy atom. The molecule has 9 heteroatoms. The maximum absolute atomic E-state index is 14.5. The lowest BCUT2D eigenvalue weighted by atomic mass is 9.97. The summed E-state index contributed by atoms with van der Waals surface area (Å²) in [6, 6.07) is 15.0. The van der Waals surface area contributed by atoms with Gasteiger partial charge >= 0.3 is 5.97 Å². The zero-order valence-corrected chi connectivity index (χ0v) is 25.2. The molecule has 41 heavy (non-hydrogen) atoms. The van der Waals surface area contributed by atoms with Crippen LogP contribution in [0.3, 0.4) is 0 Å². The maximum atomic E-state index is 14.5. The molecule has 4 rings (SSSR count). The van der Waals surface area contributed by atoms with E-state index in [0.29, 0.717) is 51.8 Å². The predicted molar refractivity (Wildman–Crippen MR) is 165 cm³/mol. The van der Waals surface area contributed by atoms with E-state index in [2.05, 4.69) is 5.32 Å². The van der Waals surface area contributed by atoms with E-state index < -0.39 is 11.9 Å². The maximum Gasteiger partial charge on any atom is 0.305 e. The molecule has 214 valence electrons. The predicted octanol–water partition coefficient (Wildman–Crippen LogP) is 6.81. The van der Waals surface area contributed by atoms with Gasteiger partial charge in [-0.3, -0.25) is 19.0 Å². The molecule has 0 spiro atoms. The summed E-state index contributed by atoms with van der Waals surface area (Å²) in [6.45, 7) is 8.16. The van der Waals surface area contributed by atoms with E-state index in [0.717, 1.165) is 22.4 Å². The Hall–Kier alpha value is -3.75. The van der Waals surface area contributed by atoms with Crippen molar-refractivity contribution < 1.29 is 14.7 Å². The molecule has 7 nitrogen and oxygen atoms in total.